The third kappa shape index (κ3) is 6.39. The predicted octanol–water partition coefficient (Wildman–Crippen LogP) is 5.94. The molecule has 8 heteroatoms. The van der Waals surface area contributed by atoms with Crippen LogP contribution in [0.2, 0.25) is 0 Å². The van der Waals surface area contributed by atoms with Crippen molar-refractivity contribution in [1.29, 1.82) is 0 Å². The number of hydrogen-bond donors (Lipinski definition) is 1. The van der Waals surface area contributed by atoms with E-state index in [-0.39, 0.29) is 23.9 Å². The van der Waals surface area contributed by atoms with Gasteiger partial charge in [-0.2, -0.15) is 8.42 Å². The highest BCUT2D eigenvalue weighted by Crippen LogP contribution is 2.27. The van der Waals surface area contributed by atoms with Gasteiger partial charge in [0, 0.05) is 36.1 Å². The summed E-state index contributed by atoms with van der Waals surface area (Å²) in [7, 11) is -4.03. The summed E-state index contributed by atoms with van der Waals surface area (Å²) in [6.45, 7) is 8.24. The molecule has 0 amide bonds. The number of rotatable bonds is 11. The number of fused-ring (bicyclic) bond motifs is 1. The second kappa shape index (κ2) is 11.6. The lowest BCUT2D eigenvalue weighted by molar-refractivity contribution is 0.250. The van der Waals surface area contributed by atoms with Crippen molar-refractivity contribution < 1.29 is 22.4 Å². The number of anilines is 1. The molecule has 0 aliphatic rings. The van der Waals surface area contributed by atoms with Gasteiger partial charge in [-0.25, -0.2) is 4.98 Å². The number of pyridine rings is 1. The van der Waals surface area contributed by atoms with E-state index in [0.717, 1.165) is 40.8 Å². The molecule has 3 aromatic carbocycles. The average Bonchev–Trinajstić information content (AvgIpc) is 2.89. The van der Waals surface area contributed by atoms with Gasteiger partial charge < -0.3 is 14.7 Å². The van der Waals surface area contributed by atoms with Crippen molar-refractivity contribution in [2.45, 2.75) is 32.1 Å². The van der Waals surface area contributed by atoms with Gasteiger partial charge in [-0.3, -0.25) is 4.18 Å². The molecule has 0 saturated heterocycles. The van der Waals surface area contributed by atoms with Crippen molar-refractivity contribution in [3.8, 4) is 22.8 Å². The number of nitrogens with zero attached hydrogens (tertiary/aromatic N) is 2. The first-order valence-electron chi connectivity index (χ1n) is 12.4. The van der Waals surface area contributed by atoms with Crippen molar-refractivity contribution in [1.82, 2.24) is 4.98 Å². The zero-order valence-corrected chi connectivity index (χ0v) is 22.2. The fraction of sp³-hybridized carbons (Fsp3) is 0.276. The number of phenols is 1. The largest absolute Gasteiger partial charge is 0.506 e. The minimum atomic E-state index is -4.03. The predicted molar refractivity (Wildman–Crippen MR) is 147 cm³/mol. The topological polar surface area (TPSA) is 89.0 Å². The zero-order valence-electron chi connectivity index (χ0n) is 21.3. The molecule has 0 fully saturated rings. The molecule has 0 radical (unpaired) electrons. The van der Waals surface area contributed by atoms with Gasteiger partial charge in [0.2, 0.25) is 0 Å². The second-order valence-corrected chi connectivity index (χ2v) is 10.3. The van der Waals surface area contributed by atoms with Gasteiger partial charge in [-0.1, -0.05) is 24.3 Å². The molecule has 0 aliphatic heterocycles. The summed E-state index contributed by atoms with van der Waals surface area (Å²) in [5.41, 5.74) is 4.80. The molecule has 0 bridgehead atoms. The molecule has 1 heterocycles. The van der Waals surface area contributed by atoms with E-state index in [9.17, 15) is 13.5 Å². The SMILES string of the molecule is CCN(CC)c1ccc(-c2ccc3cc(OCCCOS(=O)(=O)c4ccc(C)cc4O)ccc3n2)cc1. The van der Waals surface area contributed by atoms with Gasteiger partial charge in [-0.15, -0.1) is 0 Å². The number of aromatic nitrogens is 1. The van der Waals surface area contributed by atoms with E-state index in [1.54, 1.807) is 13.0 Å². The van der Waals surface area contributed by atoms with E-state index in [2.05, 4.69) is 43.0 Å². The highest BCUT2D eigenvalue weighted by Gasteiger charge is 2.19. The Labute approximate surface area is 218 Å². The van der Waals surface area contributed by atoms with Crippen molar-refractivity contribution in [3.05, 3.63) is 78.4 Å². The minimum Gasteiger partial charge on any atom is -0.506 e. The van der Waals surface area contributed by atoms with Crippen LogP contribution in [0.5, 0.6) is 11.5 Å². The molecule has 7 nitrogen and oxygen atoms in total. The smallest absolute Gasteiger partial charge is 0.300 e. The van der Waals surface area contributed by atoms with Crippen LogP contribution in [0.4, 0.5) is 5.69 Å². The van der Waals surface area contributed by atoms with E-state index in [1.807, 2.05) is 30.3 Å². The molecule has 0 aliphatic carbocycles. The monoisotopic (exact) mass is 520 g/mol. The Hall–Kier alpha value is -3.62. The Kier molecular flexibility index (Phi) is 8.31. The van der Waals surface area contributed by atoms with Crippen LogP contribution in [0.3, 0.4) is 0 Å². The third-order valence-electron chi connectivity index (χ3n) is 6.13. The first-order valence-corrected chi connectivity index (χ1v) is 13.8. The van der Waals surface area contributed by atoms with Crippen LogP contribution in [0.25, 0.3) is 22.2 Å². The Morgan fingerprint density at radius 1 is 0.892 bits per heavy atom. The van der Waals surface area contributed by atoms with Crippen molar-refractivity contribution >= 4 is 26.7 Å². The molecular weight excluding hydrogens is 488 g/mol. The van der Waals surface area contributed by atoms with Crippen LogP contribution in [-0.2, 0) is 14.3 Å². The van der Waals surface area contributed by atoms with Gasteiger partial charge >= 0.3 is 10.1 Å². The summed E-state index contributed by atoms with van der Waals surface area (Å²) in [5, 5.41) is 10.9. The number of aryl methyl sites for hydroxylation is 1. The number of hydrogen-bond acceptors (Lipinski definition) is 7. The lowest BCUT2D eigenvalue weighted by atomic mass is 10.1. The Morgan fingerprint density at radius 2 is 1.65 bits per heavy atom. The Bertz CT molecular complexity index is 1470. The normalized spacial score (nSPS) is 11.5. The fourth-order valence-corrected chi connectivity index (χ4v) is 5.12. The quantitative estimate of drug-likeness (QED) is 0.193. The molecule has 37 heavy (non-hydrogen) atoms. The van der Waals surface area contributed by atoms with Crippen LogP contribution < -0.4 is 9.64 Å². The second-order valence-electron chi connectivity index (χ2n) is 8.72. The lowest BCUT2D eigenvalue weighted by Crippen LogP contribution is -2.21. The summed E-state index contributed by atoms with van der Waals surface area (Å²) >= 11 is 0. The van der Waals surface area contributed by atoms with Gasteiger partial charge in [0.25, 0.3) is 0 Å². The molecule has 0 unspecified atom stereocenters. The molecule has 0 spiro atoms. The van der Waals surface area contributed by atoms with Gasteiger partial charge in [0.05, 0.1) is 24.4 Å². The van der Waals surface area contributed by atoms with E-state index in [1.165, 1.54) is 17.8 Å². The summed E-state index contributed by atoms with van der Waals surface area (Å²) in [4.78, 5) is 6.87. The summed E-state index contributed by atoms with van der Waals surface area (Å²) < 4.78 is 35.5. The number of aromatic hydroxyl groups is 1. The molecule has 0 atom stereocenters. The first kappa shape index (κ1) is 26.4. The first-order chi connectivity index (χ1) is 17.8. The molecule has 194 valence electrons. The maximum Gasteiger partial charge on any atom is 0.300 e. The molecule has 1 N–H and O–H groups in total. The van der Waals surface area contributed by atoms with Crippen molar-refractivity contribution in [2.75, 3.05) is 31.2 Å². The molecule has 0 saturated carbocycles. The summed E-state index contributed by atoms with van der Waals surface area (Å²) in [5.74, 6) is 0.352. The van der Waals surface area contributed by atoms with Gasteiger partial charge in [0.1, 0.15) is 16.4 Å². The highest BCUT2D eigenvalue weighted by molar-refractivity contribution is 7.86. The Balaban J connectivity index is 1.33. The number of benzene rings is 3. The van der Waals surface area contributed by atoms with E-state index in [0.29, 0.717) is 12.2 Å². The maximum absolute atomic E-state index is 12.3. The van der Waals surface area contributed by atoms with E-state index >= 15 is 0 Å². The zero-order chi connectivity index (χ0) is 26.4. The highest BCUT2D eigenvalue weighted by atomic mass is 32.2. The minimum absolute atomic E-state index is 0.0544. The summed E-state index contributed by atoms with van der Waals surface area (Å²) in [6, 6.07) is 22.5. The van der Waals surface area contributed by atoms with Crippen LogP contribution >= 0.6 is 0 Å². The van der Waals surface area contributed by atoms with E-state index in [4.69, 9.17) is 13.9 Å². The number of ether oxygens (including phenoxy) is 1. The fourth-order valence-electron chi connectivity index (χ4n) is 4.11. The van der Waals surface area contributed by atoms with Crippen molar-refractivity contribution in [2.24, 2.45) is 0 Å². The van der Waals surface area contributed by atoms with Crippen LogP contribution in [0.15, 0.2) is 77.7 Å². The summed E-state index contributed by atoms with van der Waals surface area (Å²) in [6.07, 6.45) is 0.366. The molecular formula is C29H32N2O5S. The standard InChI is InChI=1S/C29H32N2O5S/c1-4-31(5-2)24-11-8-22(9-12-24)26-14-10-23-20-25(13-15-27(23)30-26)35-17-6-18-36-37(33,34)29-16-7-21(3)19-28(29)32/h7-16,19-20,32H,4-6,17-18H2,1-3H3. The van der Waals surface area contributed by atoms with Crippen molar-refractivity contribution in [3.63, 3.8) is 0 Å². The average molecular weight is 521 g/mol. The number of phenolic OH excluding ortho intramolecular Hbond substituents is 1. The molecule has 4 rings (SSSR count). The molecule has 1 aromatic heterocycles. The van der Waals surface area contributed by atoms with Crippen LogP contribution in [0.1, 0.15) is 25.8 Å². The lowest BCUT2D eigenvalue weighted by Gasteiger charge is -2.21. The Morgan fingerprint density at radius 3 is 2.35 bits per heavy atom. The van der Waals surface area contributed by atoms with Crippen LogP contribution in [0, 0.1) is 6.92 Å². The van der Waals surface area contributed by atoms with E-state index < -0.39 is 10.1 Å². The maximum atomic E-state index is 12.3. The third-order valence-corrected chi connectivity index (χ3v) is 7.49. The van der Waals surface area contributed by atoms with Gasteiger partial charge in [-0.05, 0) is 74.9 Å². The molecule has 4 aromatic rings. The van der Waals surface area contributed by atoms with Crippen LogP contribution in [-0.4, -0.2) is 44.8 Å². The van der Waals surface area contributed by atoms with Gasteiger partial charge in [0.15, 0.2) is 0 Å².